The fourth-order valence-corrected chi connectivity index (χ4v) is 1.53. The van der Waals surface area contributed by atoms with Crippen molar-refractivity contribution in [2.45, 2.75) is 12.9 Å². The maximum Gasteiger partial charge on any atom is 0.573 e. The van der Waals surface area contributed by atoms with E-state index in [1.807, 2.05) is 0 Å². The van der Waals surface area contributed by atoms with Gasteiger partial charge in [-0.15, -0.1) is 13.2 Å². The van der Waals surface area contributed by atoms with Gasteiger partial charge in [-0.25, -0.2) is 4.79 Å². The summed E-state index contributed by atoms with van der Waals surface area (Å²) in [6, 6.07) is 7.76. The summed E-state index contributed by atoms with van der Waals surface area (Å²) in [5.74, 6) is 0.144. The third-order valence-electron chi connectivity index (χ3n) is 2.33. The number of benzene rings is 1. The van der Waals surface area contributed by atoms with Gasteiger partial charge in [-0.05, 0) is 24.3 Å². The second-order valence-electron chi connectivity index (χ2n) is 3.96. The van der Waals surface area contributed by atoms with Crippen molar-refractivity contribution in [3.05, 3.63) is 48.4 Å². The summed E-state index contributed by atoms with van der Waals surface area (Å²) < 4.78 is 45.0. The first-order chi connectivity index (χ1) is 9.92. The summed E-state index contributed by atoms with van der Waals surface area (Å²) in [6.07, 6.45) is -3.31. The molecule has 1 aromatic heterocycles. The molecule has 2 amide bonds. The molecule has 8 heteroatoms. The van der Waals surface area contributed by atoms with Gasteiger partial charge < -0.3 is 19.8 Å². The monoisotopic (exact) mass is 300 g/mol. The Balaban J connectivity index is 1.90. The quantitative estimate of drug-likeness (QED) is 0.908. The van der Waals surface area contributed by atoms with E-state index in [-0.39, 0.29) is 12.2 Å². The van der Waals surface area contributed by atoms with Crippen molar-refractivity contribution < 1.29 is 27.1 Å². The zero-order valence-electron chi connectivity index (χ0n) is 10.6. The van der Waals surface area contributed by atoms with Gasteiger partial charge in [-0.2, -0.15) is 0 Å². The standard InChI is InChI=1S/C13H11F3N2O3/c14-13(15,16)21-10-4-1-3-9(7-10)18-12(19)17-8-11-5-2-6-20-11/h1-7H,8H2,(H2,17,18,19). The van der Waals surface area contributed by atoms with Crippen molar-refractivity contribution in [3.63, 3.8) is 0 Å². The second-order valence-corrected chi connectivity index (χ2v) is 3.96. The lowest BCUT2D eigenvalue weighted by atomic mass is 10.3. The normalized spacial score (nSPS) is 11.0. The van der Waals surface area contributed by atoms with E-state index in [1.165, 1.54) is 18.4 Å². The summed E-state index contributed by atoms with van der Waals surface area (Å²) in [5, 5.41) is 4.89. The summed E-state index contributed by atoms with van der Waals surface area (Å²) >= 11 is 0. The van der Waals surface area contributed by atoms with Gasteiger partial charge in [0.25, 0.3) is 0 Å². The predicted octanol–water partition coefficient (Wildman–Crippen LogP) is 3.50. The van der Waals surface area contributed by atoms with E-state index in [1.54, 1.807) is 12.1 Å². The first kappa shape index (κ1) is 14.8. The third kappa shape index (κ3) is 5.09. The van der Waals surface area contributed by atoms with Gasteiger partial charge in [0.05, 0.1) is 12.8 Å². The van der Waals surface area contributed by atoms with Gasteiger partial charge in [0, 0.05) is 11.8 Å². The van der Waals surface area contributed by atoms with Crippen molar-refractivity contribution in [3.8, 4) is 5.75 Å². The number of nitrogens with one attached hydrogen (secondary N) is 2. The lowest BCUT2D eigenvalue weighted by molar-refractivity contribution is -0.274. The van der Waals surface area contributed by atoms with Crippen molar-refractivity contribution in [1.29, 1.82) is 0 Å². The number of ether oxygens (including phenoxy) is 1. The lowest BCUT2D eigenvalue weighted by Crippen LogP contribution is -2.28. The van der Waals surface area contributed by atoms with Gasteiger partial charge in [0.15, 0.2) is 0 Å². The zero-order valence-corrected chi connectivity index (χ0v) is 10.6. The SMILES string of the molecule is O=C(NCc1ccco1)Nc1cccc(OC(F)(F)F)c1. The second kappa shape index (κ2) is 6.21. The number of hydrogen-bond acceptors (Lipinski definition) is 3. The van der Waals surface area contributed by atoms with Crippen LogP contribution in [-0.2, 0) is 6.54 Å². The summed E-state index contributed by atoms with van der Waals surface area (Å²) in [5.41, 5.74) is 0.175. The van der Waals surface area contributed by atoms with E-state index in [2.05, 4.69) is 15.4 Å². The van der Waals surface area contributed by atoms with Crippen LogP contribution in [0.5, 0.6) is 5.75 Å². The molecule has 112 valence electrons. The summed E-state index contributed by atoms with van der Waals surface area (Å²) in [4.78, 5) is 11.6. The highest BCUT2D eigenvalue weighted by Gasteiger charge is 2.31. The molecule has 0 aliphatic carbocycles. The molecule has 1 aromatic carbocycles. The maximum absolute atomic E-state index is 12.1. The van der Waals surface area contributed by atoms with Crippen LogP contribution in [-0.4, -0.2) is 12.4 Å². The molecule has 5 nitrogen and oxygen atoms in total. The number of rotatable bonds is 4. The number of alkyl halides is 3. The number of halogens is 3. The van der Waals surface area contributed by atoms with Crippen LogP contribution in [0.2, 0.25) is 0 Å². The fraction of sp³-hybridized carbons (Fsp3) is 0.154. The number of hydrogen-bond donors (Lipinski definition) is 2. The Bertz CT molecular complexity index is 597. The molecule has 0 aliphatic heterocycles. The molecule has 0 saturated carbocycles. The van der Waals surface area contributed by atoms with Gasteiger partial charge in [-0.3, -0.25) is 0 Å². The van der Waals surface area contributed by atoms with Crippen LogP contribution in [0.1, 0.15) is 5.76 Å². The van der Waals surface area contributed by atoms with E-state index in [0.29, 0.717) is 5.76 Å². The van der Waals surface area contributed by atoms with Crippen LogP contribution >= 0.6 is 0 Å². The molecule has 0 atom stereocenters. The number of urea groups is 1. The molecule has 0 aliphatic rings. The first-order valence-electron chi connectivity index (χ1n) is 5.85. The van der Waals surface area contributed by atoms with Gasteiger partial charge >= 0.3 is 12.4 Å². The smallest absolute Gasteiger partial charge is 0.467 e. The molecule has 1 heterocycles. The van der Waals surface area contributed by atoms with E-state index in [0.717, 1.165) is 12.1 Å². The van der Waals surface area contributed by atoms with Crippen molar-refractivity contribution >= 4 is 11.7 Å². The molecule has 0 spiro atoms. The Labute approximate surface area is 117 Å². The van der Waals surface area contributed by atoms with Crippen molar-refractivity contribution in [2.75, 3.05) is 5.32 Å². The molecule has 0 bridgehead atoms. The molecule has 2 N–H and O–H groups in total. The third-order valence-corrected chi connectivity index (χ3v) is 2.33. The van der Waals surface area contributed by atoms with E-state index >= 15 is 0 Å². The summed E-state index contributed by atoms with van der Waals surface area (Å²) in [6.45, 7) is 0.164. The predicted molar refractivity (Wildman–Crippen MR) is 67.7 cm³/mol. The van der Waals surface area contributed by atoms with Crippen LogP contribution in [0.15, 0.2) is 47.1 Å². The van der Waals surface area contributed by atoms with Crippen molar-refractivity contribution in [2.24, 2.45) is 0 Å². The molecular formula is C13H11F3N2O3. The highest BCUT2D eigenvalue weighted by molar-refractivity contribution is 5.89. The molecule has 0 radical (unpaired) electrons. The number of carbonyl (C=O) groups is 1. The van der Waals surface area contributed by atoms with Gasteiger partial charge in [0.1, 0.15) is 11.5 Å². The first-order valence-corrected chi connectivity index (χ1v) is 5.85. The average molecular weight is 300 g/mol. The lowest BCUT2D eigenvalue weighted by Gasteiger charge is -2.11. The Morgan fingerprint density at radius 2 is 2.05 bits per heavy atom. The number of anilines is 1. The highest BCUT2D eigenvalue weighted by Crippen LogP contribution is 2.24. The van der Waals surface area contributed by atoms with Crippen LogP contribution in [0, 0.1) is 0 Å². The Morgan fingerprint density at radius 1 is 1.24 bits per heavy atom. The van der Waals surface area contributed by atoms with Crippen LogP contribution < -0.4 is 15.4 Å². The van der Waals surface area contributed by atoms with Crippen LogP contribution in [0.4, 0.5) is 23.7 Å². The average Bonchev–Trinajstić information content (AvgIpc) is 2.87. The summed E-state index contributed by atoms with van der Waals surface area (Å²) in [7, 11) is 0. The van der Waals surface area contributed by atoms with Crippen LogP contribution in [0.25, 0.3) is 0 Å². The topological polar surface area (TPSA) is 63.5 Å². The minimum absolute atomic E-state index is 0.164. The molecule has 2 rings (SSSR count). The maximum atomic E-state index is 12.1. The van der Waals surface area contributed by atoms with E-state index in [9.17, 15) is 18.0 Å². The minimum Gasteiger partial charge on any atom is -0.467 e. The molecule has 0 fully saturated rings. The van der Waals surface area contributed by atoms with Gasteiger partial charge in [0.2, 0.25) is 0 Å². The fourth-order valence-electron chi connectivity index (χ4n) is 1.53. The minimum atomic E-state index is -4.78. The Kier molecular flexibility index (Phi) is 4.36. The van der Waals surface area contributed by atoms with Crippen molar-refractivity contribution in [1.82, 2.24) is 5.32 Å². The molecule has 0 unspecified atom stereocenters. The molecular weight excluding hydrogens is 289 g/mol. The van der Waals surface area contributed by atoms with E-state index in [4.69, 9.17) is 4.42 Å². The Hall–Kier alpha value is -2.64. The number of carbonyl (C=O) groups excluding carboxylic acids is 1. The molecule has 0 saturated heterocycles. The zero-order chi connectivity index (χ0) is 15.3. The van der Waals surface area contributed by atoms with E-state index < -0.39 is 18.1 Å². The molecule has 2 aromatic rings. The van der Waals surface area contributed by atoms with Gasteiger partial charge in [-0.1, -0.05) is 6.07 Å². The van der Waals surface area contributed by atoms with Crippen LogP contribution in [0.3, 0.4) is 0 Å². The number of amides is 2. The number of furan rings is 1. The highest BCUT2D eigenvalue weighted by atomic mass is 19.4. The Morgan fingerprint density at radius 3 is 2.71 bits per heavy atom. The molecule has 21 heavy (non-hydrogen) atoms. The largest absolute Gasteiger partial charge is 0.573 e.